The molecule has 1 atom stereocenters. The van der Waals surface area contributed by atoms with Crippen LogP contribution in [0.4, 0.5) is 0 Å². The fourth-order valence-corrected chi connectivity index (χ4v) is 2.90. The van der Waals surface area contributed by atoms with Crippen molar-refractivity contribution in [3.8, 4) is 0 Å². The molecular formula is C12H14IO-. The standard InChI is InChI=1S/C12H14IO/c1-2-3-9-4-6-10(7-5-9)12(14)11-8-13-11/h4-7,11H,2-3,8H2,1H3/q-1. The van der Waals surface area contributed by atoms with Gasteiger partial charge in [-0.1, -0.05) is 0 Å². The molecule has 14 heavy (non-hydrogen) atoms. The van der Waals surface area contributed by atoms with E-state index >= 15 is 0 Å². The fourth-order valence-electron chi connectivity index (χ4n) is 1.49. The second kappa shape index (κ2) is 4.43. The average Bonchev–Trinajstić information content (AvgIpc) is 3.02. The molecule has 0 aliphatic carbocycles. The molecule has 0 aromatic heterocycles. The van der Waals surface area contributed by atoms with E-state index < -0.39 is 0 Å². The number of hydrogen-bond donors (Lipinski definition) is 0. The summed E-state index contributed by atoms with van der Waals surface area (Å²) in [5, 5.41) is 0. The van der Waals surface area contributed by atoms with E-state index in [0.29, 0.717) is 9.71 Å². The van der Waals surface area contributed by atoms with E-state index in [9.17, 15) is 4.79 Å². The van der Waals surface area contributed by atoms with E-state index in [4.69, 9.17) is 0 Å². The van der Waals surface area contributed by atoms with Gasteiger partial charge >= 0.3 is 95.3 Å². The quantitative estimate of drug-likeness (QED) is 0.408. The molecule has 1 aromatic rings. The zero-order chi connectivity index (χ0) is 9.97. The Kier molecular flexibility index (Phi) is 3.21. The molecule has 1 aliphatic rings. The molecule has 1 heterocycles. The Morgan fingerprint density at radius 3 is 2.57 bits per heavy atom. The Bertz CT molecular complexity index is 325. The Morgan fingerprint density at radius 1 is 1.43 bits per heavy atom. The third-order valence-electron chi connectivity index (χ3n) is 2.37. The predicted octanol–water partition coefficient (Wildman–Crippen LogP) is -0.707. The van der Waals surface area contributed by atoms with Crippen molar-refractivity contribution < 1.29 is 26.0 Å². The number of aryl methyl sites for hydroxylation is 1. The van der Waals surface area contributed by atoms with Crippen LogP contribution in [0.15, 0.2) is 24.3 Å². The number of hydrogen-bond acceptors (Lipinski definition) is 1. The number of alkyl halides is 2. The molecule has 2 heteroatoms. The zero-order valence-corrected chi connectivity index (χ0v) is 10.5. The first-order valence-corrected chi connectivity index (χ1v) is 7.79. The van der Waals surface area contributed by atoms with Crippen molar-refractivity contribution in [2.24, 2.45) is 0 Å². The normalized spacial score (nSPS) is 19.9. The molecular weight excluding hydrogens is 287 g/mol. The molecule has 76 valence electrons. The van der Waals surface area contributed by atoms with Crippen LogP contribution in [0.2, 0.25) is 0 Å². The Balaban J connectivity index is 2.08. The molecule has 1 saturated heterocycles. The number of ketones is 1. The van der Waals surface area contributed by atoms with E-state index in [1.807, 2.05) is 12.1 Å². The maximum atomic E-state index is 11.7. The number of rotatable bonds is 4. The van der Waals surface area contributed by atoms with Gasteiger partial charge in [-0.3, -0.25) is 0 Å². The molecule has 0 radical (unpaired) electrons. The van der Waals surface area contributed by atoms with Crippen LogP contribution in [0.3, 0.4) is 0 Å². The van der Waals surface area contributed by atoms with Crippen LogP contribution in [0.5, 0.6) is 0 Å². The summed E-state index contributed by atoms with van der Waals surface area (Å²) in [6, 6.07) is 8.18. The summed E-state index contributed by atoms with van der Waals surface area (Å²) in [4.78, 5) is 11.7. The fraction of sp³-hybridized carbons (Fsp3) is 0.417. The zero-order valence-electron chi connectivity index (χ0n) is 8.29. The van der Waals surface area contributed by atoms with Gasteiger partial charge in [0.15, 0.2) is 0 Å². The van der Waals surface area contributed by atoms with E-state index in [0.717, 1.165) is 12.0 Å². The molecule has 1 aromatic carbocycles. The van der Waals surface area contributed by atoms with Gasteiger partial charge in [-0.2, -0.15) is 0 Å². The summed E-state index contributed by atoms with van der Waals surface area (Å²) in [6.45, 7) is 2.17. The van der Waals surface area contributed by atoms with E-state index in [1.165, 1.54) is 16.4 Å². The second-order valence-electron chi connectivity index (χ2n) is 3.59. The minimum atomic E-state index is 0.244. The van der Waals surface area contributed by atoms with Crippen molar-refractivity contribution >= 4 is 5.78 Å². The summed E-state index contributed by atoms with van der Waals surface area (Å²) in [5.74, 6) is 0.390. The number of carbonyl (C=O) groups is 1. The van der Waals surface area contributed by atoms with Crippen molar-refractivity contribution in [3.63, 3.8) is 0 Å². The first kappa shape index (κ1) is 10.1. The summed E-state index contributed by atoms with van der Waals surface area (Å²) >= 11 is 0.244. The third-order valence-corrected chi connectivity index (χ3v) is 4.70. The summed E-state index contributed by atoms with van der Waals surface area (Å²) < 4.78 is 1.65. The monoisotopic (exact) mass is 301 g/mol. The van der Waals surface area contributed by atoms with Crippen LogP contribution in [0, 0.1) is 0 Å². The predicted molar refractivity (Wildman–Crippen MR) is 53.4 cm³/mol. The van der Waals surface area contributed by atoms with E-state index in [2.05, 4.69) is 19.1 Å². The molecule has 0 spiro atoms. The molecule has 1 aliphatic heterocycles. The maximum absolute atomic E-state index is 11.7. The van der Waals surface area contributed by atoms with Gasteiger partial charge in [0.1, 0.15) is 0 Å². The Morgan fingerprint density at radius 2 is 2.07 bits per heavy atom. The number of benzene rings is 1. The molecule has 2 rings (SSSR count). The van der Waals surface area contributed by atoms with Crippen molar-refractivity contribution in [3.05, 3.63) is 35.4 Å². The molecule has 0 amide bonds. The Labute approximate surface area is 95.2 Å². The first-order valence-electron chi connectivity index (χ1n) is 5.02. The summed E-state index contributed by atoms with van der Waals surface area (Å²) in [5.41, 5.74) is 2.27. The topological polar surface area (TPSA) is 17.1 Å². The van der Waals surface area contributed by atoms with Crippen LogP contribution in [-0.4, -0.2) is 14.1 Å². The molecule has 1 fully saturated rings. The van der Waals surface area contributed by atoms with Crippen LogP contribution < -0.4 is 21.2 Å². The van der Waals surface area contributed by atoms with Gasteiger partial charge in [-0.25, -0.2) is 0 Å². The van der Waals surface area contributed by atoms with Crippen LogP contribution in [0.25, 0.3) is 0 Å². The first-order chi connectivity index (χ1) is 6.81. The van der Waals surface area contributed by atoms with E-state index in [1.54, 1.807) is 0 Å². The molecule has 1 nitrogen and oxygen atoms in total. The molecule has 1 unspecified atom stereocenters. The van der Waals surface area contributed by atoms with Gasteiger partial charge in [0.05, 0.1) is 0 Å². The summed E-state index contributed by atoms with van der Waals surface area (Å²) in [6.07, 6.45) is 2.28. The van der Waals surface area contributed by atoms with Gasteiger partial charge in [0.2, 0.25) is 0 Å². The van der Waals surface area contributed by atoms with Crippen molar-refractivity contribution in [2.45, 2.75) is 23.7 Å². The minimum absolute atomic E-state index is 0.244. The van der Waals surface area contributed by atoms with Gasteiger partial charge in [0.25, 0.3) is 0 Å². The van der Waals surface area contributed by atoms with Gasteiger partial charge < -0.3 is 0 Å². The number of Topliss-reactive ketones (excluding diaryl/α,β-unsaturated/α-hetero) is 1. The van der Waals surface area contributed by atoms with Crippen molar-refractivity contribution in [1.82, 2.24) is 0 Å². The number of carbonyl (C=O) groups excluding carboxylic acids is 1. The van der Waals surface area contributed by atoms with Crippen LogP contribution in [0.1, 0.15) is 29.3 Å². The third kappa shape index (κ3) is 2.35. The number of halogens is 1. The molecule has 0 N–H and O–H groups in total. The van der Waals surface area contributed by atoms with Gasteiger partial charge in [0, 0.05) is 0 Å². The van der Waals surface area contributed by atoms with Crippen LogP contribution in [-0.2, 0) is 6.42 Å². The van der Waals surface area contributed by atoms with E-state index in [-0.39, 0.29) is 21.2 Å². The Hall–Kier alpha value is -0.380. The van der Waals surface area contributed by atoms with Gasteiger partial charge in [-0.05, 0) is 0 Å². The van der Waals surface area contributed by atoms with Crippen molar-refractivity contribution in [2.75, 3.05) is 4.43 Å². The SMILES string of the molecule is CCCc1ccc(C(=O)C2C[I-]2)cc1. The molecule has 0 saturated carbocycles. The second-order valence-corrected chi connectivity index (χ2v) is 6.85. The van der Waals surface area contributed by atoms with Gasteiger partial charge in [-0.15, -0.1) is 0 Å². The average molecular weight is 301 g/mol. The summed E-state index contributed by atoms with van der Waals surface area (Å²) in [7, 11) is 0. The van der Waals surface area contributed by atoms with Crippen LogP contribution >= 0.6 is 0 Å². The molecule has 0 bridgehead atoms. The van der Waals surface area contributed by atoms with Crippen molar-refractivity contribution in [1.29, 1.82) is 0 Å².